The molecule has 2 rings (SSSR count). The van der Waals surface area contributed by atoms with Gasteiger partial charge in [0.1, 0.15) is 5.75 Å². The Morgan fingerprint density at radius 3 is 2.85 bits per heavy atom. The molecule has 1 amide bonds. The lowest BCUT2D eigenvalue weighted by Crippen LogP contribution is -2.37. The van der Waals surface area contributed by atoms with Crippen LogP contribution in [0.25, 0.3) is 0 Å². The summed E-state index contributed by atoms with van der Waals surface area (Å²) >= 11 is 0. The summed E-state index contributed by atoms with van der Waals surface area (Å²) in [5, 5.41) is 1.91. The molecule has 1 N–H and O–H groups in total. The number of hydrogen-bond acceptors (Lipinski definition) is 2. The molecule has 20 heavy (non-hydrogen) atoms. The first-order chi connectivity index (χ1) is 9.41. The number of halogens is 3. The van der Waals surface area contributed by atoms with Gasteiger partial charge in [-0.3, -0.25) is 4.79 Å². The van der Waals surface area contributed by atoms with Gasteiger partial charge < -0.3 is 10.1 Å². The molecular weight excluding hydrogens is 271 g/mol. The lowest BCUT2D eigenvalue weighted by molar-refractivity contribution is -0.173. The third kappa shape index (κ3) is 3.23. The van der Waals surface area contributed by atoms with E-state index in [0.29, 0.717) is 6.42 Å². The maximum Gasteiger partial charge on any atom is 0.471 e. The first kappa shape index (κ1) is 14.7. The van der Waals surface area contributed by atoms with Gasteiger partial charge in [0, 0.05) is 6.54 Å². The van der Waals surface area contributed by atoms with E-state index >= 15 is 0 Å². The van der Waals surface area contributed by atoms with Crippen LogP contribution in [-0.2, 0) is 11.2 Å². The number of benzene rings is 1. The van der Waals surface area contributed by atoms with Gasteiger partial charge in [-0.2, -0.15) is 13.2 Å². The smallest absolute Gasteiger partial charge is 0.471 e. The maximum atomic E-state index is 12.1. The molecule has 0 aromatic heterocycles. The Morgan fingerprint density at radius 1 is 1.45 bits per heavy atom. The summed E-state index contributed by atoms with van der Waals surface area (Å²) in [5.41, 5.74) is 2.32. The van der Waals surface area contributed by atoms with E-state index in [1.807, 2.05) is 23.5 Å². The first-order valence-electron chi connectivity index (χ1n) is 6.43. The summed E-state index contributed by atoms with van der Waals surface area (Å²) in [7, 11) is 1.58. The van der Waals surface area contributed by atoms with Crippen LogP contribution in [0.5, 0.6) is 5.75 Å². The number of fused-ring (bicyclic) bond motifs is 1. The van der Waals surface area contributed by atoms with E-state index in [1.54, 1.807) is 7.11 Å². The van der Waals surface area contributed by atoms with Crippen LogP contribution in [0.15, 0.2) is 18.2 Å². The summed E-state index contributed by atoms with van der Waals surface area (Å²) in [6, 6.07) is 5.80. The SMILES string of the molecule is COc1ccc2c(c1)C(CCNC(=O)C(F)(F)F)CC2. The van der Waals surface area contributed by atoms with E-state index in [2.05, 4.69) is 0 Å². The number of alkyl halides is 3. The predicted molar refractivity (Wildman–Crippen MR) is 67.7 cm³/mol. The van der Waals surface area contributed by atoms with Gasteiger partial charge in [-0.15, -0.1) is 0 Å². The van der Waals surface area contributed by atoms with Gasteiger partial charge >= 0.3 is 12.1 Å². The zero-order valence-corrected chi connectivity index (χ0v) is 11.1. The van der Waals surface area contributed by atoms with Crippen molar-refractivity contribution in [2.24, 2.45) is 0 Å². The van der Waals surface area contributed by atoms with Crippen molar-refractivity contribution in [3.05, 3.63) is 29.3 Å². The monoisotopic (exact) mass is 287 g/mol. The Morgan fingerprint density at radius 2 is 2.20 bits per heavy atom. The zero-order chi connectivity index (χ0) is 14.8. The fourth-order valence-corrected chi connectivity index (χ4v) is 2.55. The molecule has 0 radical (unpaired) electrons. The summed E-state index contributed by atoms with van der Waals surface area (Å²) in [6.07, 6.45) is -2.50. The van der Waals surface area contributed by atoms with Crippen molar-refractivity contribution in [3.8, 4) is 5.75 Å². The highest BCUT2D eigenvalue weighted by molar-refractivity contribution is 5.81. The fourth-order valence-electron chi connectivity index (χ4n) is 2.55. The quantitative estimate of drug-likeness (QED) is 0.924. The molecule has 0 fully saturated rings. The molecule has 1 aliphatic carbocycles. The van der Waals surface area contributed by atoms with Crippen LogP contribution >= 0.6 is 0 Å². The lowest BCUT2D eigenvalue weighted by atomic mass is 9.97. The van der Waals surface area contributed by atoms with E-state index in [9.17, 15) is 18.0 Å². The number of methoxy groups -OCH3 is 1. The van der Waals surface area contributed by atoms with Crippen molar-refractivity contribution >= 4 is 5.91 Å². The lowest BCUT2D eigenvalue weighted by Gasteiger charge is -2.14. The average Bonchev–Trinajstić information content (AvgIpc) is 2.80. The molecule has 0 bridgehead atoms. The van der Waals surface area contributed by atoms with Crippen LogP contribution in [0.3, 0.4) is 0 Å². The maximum absolute atomic E-state index is 12.1. The van der Waals surface area contributed by atoms with E-state index in [0.717, 1.165) is 24.2 Å². The Balaban J connectivity index is 1.92. The number of amides is 1. The van der Waals surface area contributed by atoms with Gasteiger partial charge in [0.05, 0.1) is 7.11 Å². The van der Waals surface area contributed by atoms with Crippen molar-refractivity contribution in [2.45, 2.75) is 31.4 Å². The predicted octanol–water partition coefficient (Wildman–Crippen LogP) is 2.79. The van der Waals surface area contributed by atoms with E-state index in [-0.39, 0.29) is 12.5 Å². The van der Waals surface area contributed by atoms with Crippen LogP contribution in [-0.4, -0.2) is 25.7 Å². The minimum absolute atomic E-state index is 0.0274. The van der Waals surface area contributed by atoms with Crippen molar-refractivity contribution in [1.82, 2.24) is 5.32 Å². The number of hydrogen-bond donors (Lipinski definition) is 1. The van der Waals surface area contributed by atoms with Crippen LogP contribution in [0, 0.1) is 0 Å². The average molecular weight is 287 g/mol. The van der Waals surface area contributed by atoms with Crippen molar-refractivity contribution < 1.29 is 22.7 Å². The van der Waals surface area contributed by atoms with E-state index < -0.39 is 12.1 Å². The number of carbonyl (C=O) groups is 1. The van der Waals surface area contributed by atoms with Crippen molar-refractivity contribution in [1.29, 1.82) is 0 Å². The molecule has 3 nitrogen and oxygen atoms in total. The summed E-state index contributed by atoms with van der Waals surface area (Å²) in [5.74, 6) is -0.954. The second-order valence-electron chi connectivity index (χ2n) is 4.84. The molecule has 1 aromatic rings. The van der Waals surface area contributed by atoms with Gasteiger partial charge in [0.25, 0.3) is 0 Å². The minimum Gasteiger partial charge on any atom is -0.497 e. The summed E-state index contributed by atoms with van der Waals surface area (Å²) in [4.78, 5) is 10.7. The Hall–Kier alpha value is -1.72. The first-order valence-corrected chi connectivity index (χ1v) is 6.43. The highest BCUT2D eigenvalue weighted by Gasteiger charge is 2.38. The molecule has 0 heterocycles. The Kier molecular flexibility index (Phi) is 4.20. The second-order valence-corrected chi connectivity index (χ2v) is 4.84. The van der Waals surface area contributed by atoms with Crippen molar-refractivity contribution in [2.75, 3.05) is 13.7 Å². The summed E-state index contributed by atoms with van der Waals surface area (Å²) in [6.45, 7) is 0.0274. The molecule has 0 saturated heterocycles. The summed E-state index contributed by atoms with van der Waals surface area (Å²) < 4.78 is 41.3. The standard InChI is InChI=1S/C14H16F3NO2/c1-20-11-5-4-9-2-3-10(12(9)8-11)6-7-18-13(19)14(15,16)17/h4-5,8,10H,2-3,6-7H2,1H3,(H,18,19). The van der Waals surface area contributed by atoms with Crippen LogP contribution in [0.2, 0.25) is 0 Å². The van der Waals surface area contributed by atoms with Crippen LogP contribution in [0.4, 0.5) is 13.2 Å². The highest BCUT2D eigenvalue weighted by Crippen LogP contribution is 2.37. The molecular formula is C14H16F3NO2. The van der Waals surface area contributed by atoms with Gasteiger partial charge in [-0.25, -0.2) is 0 Å². The molecule has 110 valence electrons. The molecule has 1 aliphatic rings. The fraction of sp³-hybridized carbons (Fsp3) is 0.500. The van der Waals surface area contributed by atoms with E-state index in [4.69, 9.17) is 4.74 Å². The Labute approximate surface area is 115 Å². The zero-order valence-electron chi connectivity index (χ0n) is 11.1. The van der Waals surface area contributed by atoms with Crippen LogP contribution < -0.4 is 10.1 Å². The van der Waals surface area contributed by atoms with Gasteiger partial charge in [-0.05, 0) is 48.4 Å². The highest BCUT2D eigenvalue weighted by atomic mass is 19.4. The third-order valence-corrected chi connectivity index (χ3v) is 3.59. The molecule has 0 aliphatic heterocycles. The number of nitrogens with one attached hydrogen (secondary N) is 1. The molecule has 1 atom stereocenters. The molecule has 0 spiro atoms. The van der Waals surface area contributed by atoms with Gasteiger partial charge in [0.2, 0.25) is 0 Å². The molecule has 0 saturated carbocycles. The van der Waals surface area contributed by atoms with Crippen molar-refractivity contribution in [3.63, 3.8) is 0 Å². The van der Waals surface area contributed by atoms with Gasteiger partial charge in [-0.1, -0.05) is 6.07 Å². The van der Waals surface area contributed by atoms with E-state index in [1.165, 1.54) is 5.56 Å². The topological polar surface area (TPSA) is 38.3 Å². The van der Waals surface area contributed by atoms with Gasteiger partial charge in [0.15, 0.2) is 0 Å². The Bertz CT molecular complexity index is 500. The number of aryl methyl sites for hydroxylation is 1. The second kappa shape index (κ2) is 5.73. The number of rotatable bonds is 4. The molecule has 6 heteroatoms. The third-order valence-electron chi connectivity index (χ3n) is 3.59. The largest absolute Gasteiger partial charge is 0.497 e. The number of carbonyl (C=O) groups excluding carboxylic acids is 1. The minimum atomic E-state index is -4.81. The molecule has 1 unspecified atom stereocenters. The van der Waals surface area contributed by atoms with Crippen LogP contribution in [0.1, 0.15) is 29.9 Å². The number of ether oxygens (including phenoxy) is 1. The normalized spacial score (nSPS) is 17.7. The molecule has 1 aromatic carbocycles.